The van der Waals surface area contributed by atoms with Gasteiger partial charge in [0.1, 0.15) is 0 Å². The number of non-ortho nitro benzene ring substituents is 1. The van der Waals surface area contributed by atoms with Crippen molar-refractivity contribution in [2.75, 3.05) is 7.11 Å². The fourth-order valence-electron chi connectivity index (χ4n) is 5.13. The third-order valence-corrected chi connectivity index (χ3v) is 8.29. The van der Waals surface area contributed by atoms with Gasteiger partial charge in [0.2, 0.25) is 0 Å². The lowest BCUT2D eigenvalue weighted by atomic mass is 9.83. The molecule has 0 unspecified atom stereocenters. The number of halogens is 1. The van der Waals surface area contributed by atoms with E-state index in [4.69, 9.17) is 9.73 Å². The Bertz CT molecular complexity index is 1860. The van der Waals surface area contributed by atoms with Crippen LogP contribution in [0, 0.1) is 10.1 Å². The van der Waals surface area contributed by atoms with Gasteiger partial charge in [-0.15, -0.1) is 0 Å². The third-order valence-electron chi connectivity index (χ3n) is 6.85. The predicted octanol–water partition coefficient (Wildman–Crippen LogP) is 4.70. The number of rotatable bonds is 4. The highest BCUT2D eigenvalue weighted by molar-refractivity contribution is 9.10. The van der Waals surface area contributed by atoms with E-state index in [0.717, 1.165) is 23.3 Å². The van der Waals surface area contributed by atoms with E-state index in [-0.39, 0.29) is 22.7 Å². The van der Waals surface area contributed by atoms with Crippen LogP contribution in [0.1, 0.15) is 34.7 Å². The molecule has 0 spiro atoms. The van der Waals surface area contributed by atoms with Crippen LogP contribution >= 0.6 is 27.3 Å². The summed E-state index contributed by atoms with van der Waals surface area (Å²) in [4.78, 5) is 30.5. The average molecular weight is 590 g/mol. The summed E-state index contributed by atoms with van der Waals surface area (Å²) in [6.45, 7) is 0. The van der Waals surface area contributed by atoms with Gasteiger partial charge in [0.05, 0.1) is 28.3 Å². The van der Waals surface area contributed by atoms with E-state index in [0.29, 0.717) is 31.4 Å². The molecule has 10 heteroatoms. The number of aromatic nitrogens is 1. The van der Waals surface area contributed by atoms with Gasteiger partial charge in [-0.05, 0) is 47.8 Å². The summed E-state index contributed by atoms with van der Waals surface area (Å²) >= 11 is 4.64. The van der Waals surface area contributed by atoms with Crippen molar-refractivity contribution < 1.29 is 14.8 Å². The number of nitro benzene ring substituents is 1. The van der Waals surface area contributed by atoms with Crippen LogP contribution in [0.4, 0.5) is 5.69 Å². The minimum atomic E-state index is -0.540. The van der Waals surface area contributed by atoms with Crippen LogP contribution in [-0.2, 0) is 6.42 Å². The lowest BCUT2D eigenvalue weighted by Crippen LogP contribution is -2.38. The number of nitrogens with zero attached hydrogens (tertiary/aromatic N) is 3. The molecular formula is C28H20BrN3O5S. The second kappa shape index (κ2) is 9.38. The number of ether oxygens (including phenoxy) is 1. The molecule has 2 heterocycles. The molecule has 1 aliphatic heterocycles. The number of aromatic hydroxyl groups is 1. The Balaban J connectivity index is 1.63. The molecule has 0 bridgehead atoms. The second-order valence-corrected chi connectivity index (χ2v) is 10.9. The van der Waals surface area contributed by atoms with E-state index in [1.54, 1.807) is 28.8 Å². The van der Waals surface area contributed by atoms with Crippen molar-refractivity contribution in [3.63, 3.8) is 0 Å². The zero-order chi connectivity index (χ0) is 26.6. The number of thiazole rings is 1. The molecule has 1 N–H and O–H groups in total. The average Bonchev–Trinajstić information content (AvgIpc) is 3.23. The lowest BCUT2D eigenvalue weighted by molar-refractivity contribution is -0.384. The minimum Gasteiger partial charge on any atom is -0.504 e. The Hall–Kier alpha value is -4.02. The van der Waals surface area contributed by atoms with Crippen molar-refractivity contribution in [2.45, 2.75) is 18.9 Å². The molecule has 4 aromatic rings. The summed E-state index contributed by atoms with van der Waals surface area (Å²) in [6.07, 6.45) is 3.08. The summed E-state index contributed by atoms with van der Waals surface area (Å²) in [5.41, 5.74) is 4.70. The maximum atomic E-state index is 13.9. The molecule has 0 saturated carbocycles. The third kappa shape index (κ3) is 3.97. The monoisotopic (exact) mass is 589 g/mol. The van der Waals surface area contributed by atoms with E-state index >= 15 is 0 Å². The quantitative estimate of drug-likeness (QED) is 0.274. The lowest BCUT2D eigenvalue weighted by Gasteiger charge is -2.30. The molecule has 1 atom stereocenters. The number of fused-ring (bicyclic) bond motifs is 3. The van der Waals surface area contributed by atoms with Gasteiger partial charge in [-0.1, -0.05) is 63.7 Å². The first-order valence-corrected chi connectivity index (χ1v) is 13.4. The molecule has 0 fully saturated rings. The largest absolute Gasteiger partial charge is 0.504 e. The van der Waals surface area contributed by atoms with Crippen molar-refractivity contribution in [3.8, 4) is 11.5 Å². The highest BCUT2D eigenvalue weighted by Crippen LogP contribution is 2.41. The Morgan fingerprint density at radius 1 is 1.18 bits per heavy atom. The normalized spacial score (nSPS) is 16.4. The molecule has 1 aromatic heterocycles. The predicted molar refractivity (Wildman–Crippen MR) is 148 cm³/mol. The SMILES string of the molecule is COc1cc(Br)cc(/C=c2/sc3n(c2=O)[C@@H](c2cccc([N+](=O)[O-])c2)C2=C(N=3)c3ccccc3CC2)c1O. The number of methoxy groups -OCH3 is 1. The van der Waals surface area contributed by atoms with E-state index < -0.39 is 11.0 Å². The zero-order valence-corrected chi connectivity index (χ0v) is 22.5. The van der Waals surface area contributed by atoms with Crippen molar-refractivity contribution in [3.05, 3.63) is 123 Å². The van der Waals surface area contributed by atoms with Crippen molar-refractivity contribution in [2.24, 2.45) is 4.99 Å². The van der Waals surface area contributed by atoms with E-state index in [1.807, 2.05) is 24.3 Å². The summed E-state index contributed by atoms with van der Waals surface area (Å²) in [5, 5.41) is 22.3. The molecule has 6 rings (SSSR count). The molecule has 190 valence electrons. The van der Waals surface area contributed by atoms with Crippen LogP contribution in [0.25, 0.3) is 11.8 Å². The summed E-state index contributed by atoms with van der Waals surface area (Å²) < 4.78 is 7.94. The van der Waals surface area contributed by atoms with Gasteiger partial charge in [-0.3, -0.25) is 19.5 Å². The van der Waals surface area contributed by atoms with Crippen LogP contribution in [-0.4, -0.2) is 21.7 Å². The fourth-order valence-corrected chi connectivity index (χ4v) is 6.58. The molecule has 2 aliphatic rings. The van der Waals surface area contributed by atoms with Gasteiger partial charge < -0.3 is 9.84 Å². The number of phenols is 1. The first-order chi connectivity index (χ1) is 18.4. The summed E-state index contributed by atoms with van der Waals surface area (Å²) in [7, 11) is 1.46. The van der Waals surface area contributed by atoms with Crippen LogP contribution in [0.2, 0.25) is 0 Å². The molecule has 0 saturated heterocycles. The number of benzene rings is 3. The molecule has 0 radical (unpaired) electrons. The number of phenolic OH excluding ortho intramolecular Hbond substituents is 1. The maximum Gasteiger partial charge on any atom is 0.271 e. The van der Waals surface area contributed by atoms with Crippen LogP contribution in [0.3, 0.4) is 0 Å². The topological polar surface area (TPSA) is 107 Å². The molecular weight excluding hydrogens is 570 g/mol. The van der Waals surface area contributed by atoms with Crippen molar-refractivity contribution >= 4 is 44.7 Å². The number of hydrogen-bond donors (Lipinski definition) is 1. The maximum absolute atomic E-state index is 13.9. The van der Waals surface area contributed by atoms with Crippen LogP contribution < -0.4 is 19.6 Å². The minimum absolute atomic E-state index is 0.0360. The smallest absolute Gasteiger partial charge is 0.271 e. The van der Waals surface area contributed by atoms with E-state index in [2.05, 4.69) is 22.0 Å². The Labute approximate surface area is 228 Å². The molecule has 8 nitrogen and oxygen atoms in total. The highest BCUT2D eigenvalue weighted by atomic mass is 79.9. The van der Waals surface area contributed by atoms with Crippen molar-refractivity contribution in [1.82, 2.24) is 4.57 Å². The molecule has 3 aromatic carbocycles. The van der Waals surface area contributed by atoms with Gasteiger partial charge in [0.25, 0.3) is 11.2 Å². The van der Waals surface area contributed by atoms with E-state index in [1.165, 1.54) is 36.1 Å². The fraction of sp³-hybridized carbons (Fsp3) is 0.143. The number of allylic oxidation sites excluding steroid dienone is 1. The van der Waals surface area contributed by atoms with Gasteiger partial charge in [-0.2, -0.15) is 0 Å². The van der Waals surface area contributed by atoms with Crippen molar-refractivity contribution in [1.29, 1.82) is 0 Å². The molecule has 38 heavy (non-hydrogen) atoms. The van der Waals surface area contributed by atoms with Gasteiger partial charge >= 0.3 is 0 Å². The van der Waals surface area contributed by atoms with Crippen LogP contribution in [0.15, 0.2) is 80.5 Å². The van der Waals surface area contributed by atoms with Gasteiger partial charge in [0.15, 0.2) is 16.3 Å². The Kier molecular flexibility index (Phi) is 6.00. The number of nitro groups is 1. The summed E-state index contributed by atoms with van der Waals surface area (Å²) in [6, 6.07) is 17.3. The Morgan fingerprint density at radius 3 is 2.79 bits per heavy atom. The highest BCUT2D eigenvalue weighted by Gasteiger charge is 2.33. The first-order valence-electron chi connectivity index (χ1n) is 11.8. The molecule has 1 aliphatic carbocycles. The Morgan fingerprint density at radius 2 is 2.00 bits per heavy atom. The number of aryl methyl sites for hydroxylation is 1. The number of hydrogen-bond acceptors (Lipinski definition) is 7. The van der Waals surface area contributed by atoms with E-state index in [9.17, 15) is 20.0 Å². The molecule has 0 amide bonds. The first kappa shape index (κ1) is 24.3. The standard InChI is InChI=1S/C28H20BrN3O5S/c1-37-22-14-18(29)11-17(26(22)33)13-23-27(34)31-25(16-6-4-7-19(12-16)32(35)36)21-10-9-15-5-2-3-8-20(15)24(21)30-28(31)38-23/h2-8,11-14,25,33H,9-10H2,1H3/b23-13+/t25-/m0/s1. The van der Waals surface area contributed by atoms with Crippen LogP contribution in [0.5, 0.6) is 11.5 Å². The summed E-state index contributed by atoms with van der Waals surface area (Å²) in [5.74, 6) is 0.199. The van der Waals surface area contributed by atoms with Gasteiger partial charge in [-0.25, -0.2) is 4.99 Å². The van der Waals surface area contributed by atoms with Gasteiger partial charge in [0, 0.05) is 27.7 Å². The second-order valence-electron chi connectivity index (χ2n) is 9.01. The zero-order valence-electron chi connectivity index (χ0n) is 20.1.